The zero-order valence-electron chi connectivity index (χ0n) is 12.2. The largest absolute Gasteiger partial charge is 0.497 e. The number of benzene rings is 2. The molecule has 0 aliphatic carbocycles. The summed E-state index contributed by atoms with van der Waals surface area (Å²) in [6.45, 7) is 0. The lowest BCUT2D eigenvalue weighted by Gasteiger charge is -2.03. The molecule has 0 amide bonds. The molecule has 116 valence electrons. The maximum atomic E-state index is 14.0. The maximum absolute atomic E-state index is 14.0. The SMILES string of the molecule is COc1cccc(C=Nn2c(-c3ccccc3F)n[nH]c2=S)c1. The van der Waals surface area contributed by atoms with Gasteiger partial charge < -0.3 is 4.74 Å². The van der Waals surface area contributed by atoms with Crippen molar-refractivity contribution >= 4 is 18.4 Å². The summed E-state index contributed by atoms with van der Waals surface area (Å²) in [5.41, 5.74) is 1.15. The minimum absolute atomic E-state index is 0.280. The van der Waals surface area contributed by atoms with Gasteiger partial charge in [-0.05, 0) is 42.0 Å². The van der Waals surface area contributed by atoms with E-state index in [1.165, 1.54) is 10.7 Å². The van der Waals surface area contributed by atoms with Gasteiger partial charge in [0.05, 0.1) is 18.9 Å². The van der Waals surface area contributed by atoms with E-state index < -0.39 is 0 Å². The summed E-state index contributed by atoms with van der Waals surface area (Å²) in [6.07, 6.45) is 1.61. The molecular formula is C16H13FN4OS. The molecule has 1 heterocycles. The first-order valence-corrected chi connectivity index (χ1v) is 7.20. The molecular weight excluding hydrogens is 315 g/mol. The molecule has 1 N–H and O–H groups in total. The summed E-state index contributed by atoms with van der Waals surface area (Å²) in [7, 11) is 1.60. The van der Waals surface area contributed by atoms with E-state index in [9.17, 15) is 4.39 Å². The zero-order valence-corrected chi connectivity index (χ0v) is 13.0. The molecule has 1 aromatic heterocycles. The number of hydrogen-bond acceptors (Lipinski definition) is 4. The molecule has 3 aromatic rings. The van der Waals surface area contributed by atoms with Gasteiger partial charge in [0, 0.05) is 0 Å². The van der Waals surface area contributed by atoms with Crippen molar-refractivity contribution < 1.29 is 9.13 Å². The lowest BCUT2D eigenvalue weighted by atomic mass is 10.2. The van der Waals surface area contributed by atoms with Gasteiger partial charge in [-0.1, -0.05) is 24.3 Å². The fraction of sp³-hybridized carbons (Fsp3) is 0.0625. The quantitative estimate of drug-likeness (QED) is 0.588. The molecule has 0 radical (unpaired) electrons. The Labute approximate surface area is 137 Å². The Bertz CT molecular complexity index is 916. The monoisotopic (exact) mass is 328 g/mol. The van der Waals surface area contributed by atoms with E-state index in [1.54, 1.807) is 31.5 Å². The number of halogens is 1. The van der Waals surface area contributed by atoms with Gasteiger partial charge in [0.1, 0.15) is 11.6 Å². The third-order valence-electron chi connectivity index (χ3n) is 3.18. The van der Waals surface area contributed by atoms with Crippen molar-refractivity contribution in [3.63, 3.8) is 0 Å². The van der Waals surface area contributed by atoms with E-state index in [1.807, 2.05) is 24.3 Å². The molecule has 0 aliphatic rings. The topological polar surface area (TPSA) is 55.2 Å². The number of ether oxygens (including phenoxy) is 1. The van der Waals surface area contributed by atoms with Crippen LogP contribution in [-0.4, -0.2) is 28.2 Å². The van der Waals surface area contributed by atoms with Crippen LogP contribution in [0.15, 0.2) is 53.6 Å². The number of nitrogens with zero attached hydrogens (tertiary/aromatic N) is 3. The normalized spacial score (nSPS) is 11.0. The fourth-order valence-electron chi connectivity index (χ4n) is 2.06. The lowest BCUT2D eigenvalue weighted by Crippen LogP contribution is -1.97. The fourth-order valence-corrected chi connectivity index (χ4v) is 2.24. The van der Waals surface area contributed by atoms with Crippen molar-refractivity contribution in [3.05, 3.63) is 64.7 Å². The Balaban J connectivity index is 2.01. The number of aromatic nitrogens is 3. The van der Waals surface area contributed by atoms with E-state index in [4.69, 9.17) is 17.0 Å². The third-order valence-corrected chi connectivity index (χ3v) is 3.45. The van der Waals surface area contributed by atoms with Crippen LogP contribution in [0.1, 0.15) is 5.56 Å². The van der Waals surface area contributed by atoms with Crippen molar-refractivity contribution in [2.45, 2.75) is 0 Å². The molecule has 0 fully saturated rings. The predicted octanol–water partition coefficient (Wildman–Crippen LogP) is 3.64. The number of nitrogens with one attached hydrogen (secondary N) is 1. The van der Waals surface area contributed by atoms with Crippen LogP contribution >= 0.6 is 12.2 Å². The molecule has 0 unspecified atom stereocenters. The van der Waals surface area contributed by atoms with E-state index >= 15 is 0 Å². The molecule has 2 aromatic carbocycles. The van der Waals surface area contributed by atoms with Crippen molar-refractivity contribution in [1.29, 1.82) is 0 Å². The number of hydrogen-bond donors (Lipinski definition) is 1. The molecule has 23 heavy (non-hydrogen) atoms. The summed E-state index contributed by atoms with van der Waals surface area (Å²) in [4.78, 5) is 0. The summed E-state index contributed by atoms with van der Waals surface area (Å²) in [6, 6.07) is 13.7. The number of methoxy groups -OCH3 is 1. The van der Waals surface area contributed by atoms with Gasteiger partial charge in [-0.15, -0.1) is 0 Å². The van der Waals surface area contributed by atoms with E-state index in [0.29, 0.717) is 11.4 Å². The average molecular weight is 328 g/mol. The minimum atomic E-state index is -0.390. The summed E-state index contributed by atoms with van der Waals surface area (Å²) in [5.74, 6) is 0.644. The highest BCUT2D eigenvalue weighted by Crippen LogP contribution is 2.20. The predicted molar refractivity (Wildman–Crippen MR) is 88.8 cm³/mol. The molecule has 0 bridgehead atoms. The van der Waals surface area contributed by atoms with Crippen LogP contribution in [0.25, 0.3) is 11.4 Å². The second kappa shape index (κ2) is 6.53. The van der Waals surface area contributed by atoms with Crippen molar-refractivity contribution in [2.75, 3.05) is 7.11 Å². The van der Waals surface area contributed by atoms with Gasteiger partial charge in [-0.2, -0.15) is 14.9 Å². The summed E-state index contributed by atoms with van der Waals surface area (Å²) < 4.78 is 20.8. The summed E-state index contributed by atoms with van der Waals surface area (Å²) in [5, 5.41) is 11.0. The molecule has 0 saturated heterocycles. The van der Waals surface area contributed by atoms with E-state index in [0.717, 1.165) is 11.3 Å². The minimum Gasteiger partial charge on any atom is -0.497 e. The Morgan fingerprint density at radius 2 is 2.09 bits per heavy atom. The van der Waals surface area contributed by atoms with Crippen LogP contribution in [0.5, 0.6) is 5.75 Å². The van der Waals surface area contributed by atoms with Gasteiger partial charge in [0.15, 0.2) is 5.82 Å². The zero-order chi connectivity index (χ0) is 16.2. The van der Waals surface area contributed by atoms with Crippen LogP contribution in [0.2, 0.25) is 0 Å². The average Bonchev–Trinajstić information content (AvgIpc) is 2.94. The van der Waals surface area contributed by atoms with Gasteiger partial charge in [-0.3, -0.25) is 0 Å². The smallest absolute Gasteiger partial charge is 0.216 e. The van der Waals surface area contributed by atoms with Gasteiger partial charge in [0.25, 0.3) is 0 Å². The van der Waals surface area contributed by atoms with Gasteiger partial charge in [0.2, 0.25) is 4.77 Å². The van der Waals surface area contributed by atoms with E-state index in [2.05, 4.69) is 15.3 Å². The summed E-state index contributed by atoms with van der Waals surface area (Å²) >= 11 is 5.16. The highest BCUT2D eigenvalue weighted by molar-refractivity contribution is 7.71. The first-order valence-electron chi connectivity index (χ1n) is 6.80. The molecule has 3 rings (SSSR count). The molecule has 0 atom stereocenters. The van der Waals surface area contributed by atoms with Gasteiger partial charge >= 0.3 is 0 Å². The molecule has 0 aliphatic heterocycles. The Morgan fingerprint density at radius 3 is 2.87 bits per heavy atom. The Morgan fingerprint density at radius 1 is 1.26 bits per heavy atom. The Hall–Kier alpha value is -2.80. The molecule has 0 spiro atoms. The second-order valence-corrected chi connectivity index (χ2v) is 5.05. The van der Waals surface area contributed by atoms with Crippen LogP contribution in [0, 0.1) is 10.6 Å². The van der Waals surface area contributed by atoms with Crippen LogP contribution in [-0.2, 0) is 0 Å². The first kappa shape index (κ1) is 15.1. The molecule has 5 nitrogen and oxygen atoms in total. The van der Waals surface area contributed by atoms with Crippen molar-refractivity contribution in [3.8, 4) is 17.1 Å². The highest BCUT2D eigenvalue weighted by Gasteiger charge is 2.12. The highest BCUT2D eigenvalue weighted by atomic mass is 32.1. The maximum Gasteiger partial charge on any atom is 0.216 e. The standard InChI is InChI=1S/C16H13FN4OS/c1-22-12-6-4-5-11(9-12)10-18-21-15(19-20-16(21)23)13-7-2-3-8-14(13)17/h2-10H,1H3,(H,20,23). The Kier molecular flexibility index (Phi) is 4.29. The molecule has 0 saturated carbocycles. The van der Waals surface area contributed by atoms with Crippen LogP contribution in [0.3, 0.4) is 0 Å². The van der Waals surface area contributed by atoms with Crippen LogP contribution in [0.4, 0.5) is 4.39 Å². The number of aromatic amines is 1. The van der Waals surface area contributed by atoms with E-state index in [-0.39, 0.29) is 10.6 Å². The van der Waals surface area contributed by atoms with Crippen molar-refractivity contribution in [2.24, 2.45) is 5.10 Å². The number of rotatable bonds is 4. The number of H-pyrrole nitrogens is 1. The van der Waals surface area contributed by atoms with Gasteiger partial charge in [-0.25, -0.2) is 9.49 Å². The van der Waals surface area contributed by atoms with Crippen LogP contribution < -0.4 is 4.74 Å². The second-order valence-electron chi connectivity index (χ2n) is 4.67. The first-order chi connectivity index (χ1) is 11.2. The van der Waals surface area contributed by atoms with Crippen molar-refractivity contribution in [1.82, 2.24) is 14.9 Å². The third kappa shape index (κ3) is 3.19. The lowest BCUT2D eigenvalue weighted by molar-refractivity contribution is 0.415. The molecule has 7 heteroatoms.